The van der Waals surface area contributed by atoms with E-state index in [1.807, 2.05) is 4.90 Å². The molecule has 1 unspecified atom stereocenters. The third kappa shape index (κ3) is 2.72. The molecular weight excluding hydrogens is 208 g/mol. The Morgan fingerprint density at radius 1 is 1.31 bits per heavy atom. The number of carbonyl (C=O) groups is 1. The monoisotopic (exact) mass is 228 g/mol. The summed E-state index contributed by atoms with van der Waals surface area (Å²) in [5.74, 6) is 0.154. The van der Waals surface area contributed by atoms with Crippen molar-refractivity contribution < 1.29 is 14.6 Å². The number of ether oxygens (including phenoxy) is 1. The Hall–Kier alpha value is -0.650. The summed E-state index contributed by atoms with van der Waals surface area (Å²) in [6.07, 6.45) is 1.68. The quantitative estimate of drug-likeness (QED) is 0.694. The lowest BCUT2D eigenvalue weighted by Crippen LogP contribution is -2.51. The molecule has 92 valence electrons. The molecule has 5 heteroatoms. The number of aliphatic hydroxyl groups excluding tert-OH is 1. The Balaban J connectivity index is 1.77. The summed E-state index contributed by atoms with van der Waals surface area (Å²) in [7, 11) is 0. The van der Waals surface area contributed by atoms with Gasteiger partial charge in [0.25, 0.3) is 5.91 Å². The van der Waals surface area contributed by atoms with Crippen LogP contribution in [0.5, 0.6) is 0 Å². The number of carbonyl (C=O) groups excluding carboxylic acids is 1. The second-order valence-corrected chi connectivity index (χ2v) is 4.39. The van der Waals surface area contributed by atoms with E-state index in [1.165, 1.54) is 0 Å². The zero-order valence-corrected chi connectivity index (χ0v) is 9.60. The van der Waals surface area contributed by atoms with Crippen molar-refractivity contribution in [2.24, 2.45) is 0 Å². The van der Waals surface area contributed by atoms with Crippen LogP contribution in [0.15, 0.2) is 0 Å². The van der Waals surface area contributed by atoms with E-state index in [-0.39, 0.29) is 18.6 Å². The molecule has 0 radical (unpaired) electrons. The predicted octanol–water partition coefficient (Wildman–Crippen LogP) is -0.698. The zero-order valence-electron chi connectivity index (χ0n) is 9.60. The van der Waals surface area contributed by atoms with Crippen molar-refractivity contribution in [2.45, 2.75) is 18.9 Å². The third-order valence-electron chi connectivity index (χ3n) is 3.31. The van der Waals surface area contributed by atoms with Crippen molar-refractivity contribution in [2.75, 3.05) is 45.9 Å². The summed E-state index contributed by atoms with van der Waals surface area (Å²) in [5, 5.41) is 8.82. The molecule has 2 aliphatic heterocycles. The van der Waals surface area contributed by atoms with Gasteiger partial charge in [-0.2, -0.15) is 0 Å². The number of hydrogen-bond acceptors (Lipinski definition) is 4. The van der Waals surface area contributed by atoms with E-state index >= 15 is 0 Å². The Morgan fingerprint density at radius 2 is 2.06 bits per heavy atom. The first-order valence-electron chi connectivity index (χ1n) is 6.05. The molecule has 1 N–H and O–H groups in total. The second kappa shape index (κ2) is 5.61. The number of β-amino-alcohol motifs (C(OH)–C–C–N with tert-alkyl or cyclic N) is 1. The second-order valence-electron chi connectivity index (χ2n) is 4.39. The molecule has 0 saturated carbocycles. The van der Waals surface area contributed by atoms with Crippen molar-refractivity contribution in [3.63, 3.8) is 0 Å². The highest BCUT2D eigenvalue weighted by molar-refractivity contribution is 5.81. The minimum atomic E-state index is -0.190. The molecule has 1 atom stereocenters. The number of aliphatic hydroxyl groups is 1. The highest BCUT2D eigenvalue weighted by atomic mass is 16.5. The van der Waals surface area contributed by atoms with E-state index in [0.717, 1.165) is 45.6 Å². The van der Waals surface area contributed by atoms with Crippen molar-refractivity contribution >= 4 is 5.91 Å². The molecule has 2 aliphatic rings. The summed E-state index contributed by atoms with van der Waals surface area (Å²) in [6, 6.07) is 0. The first-order chi connectivity index (χ1) is 7.81. The predicted molar refractivity (Wildman–Crippen MR) is 59.1 cm³/mol. The lowest BCUT2D eigenvalue weighted by atomic mass is 10.2. The van der Waals surface area contributed by atoms with E-state index in [0.29, 0.717) is 6.54 Å². The third-order valence-corrected chi connectivity index (χ3v) is 3.31. The molecule has 1 amide bonds. The van der Waals surface area contributed by atoms with Crippen LogP contribution < -0.4 is 0 Å². The van der Waals surface area contributed by atoms with Crippen LogP contribution in [0.1, 0.15) is 12.8 Å². The topological polar surface area (TPSA) is 53.0 Å². The molecule has 16 heavy (non-hydrogen) atoms. The lowest BCUT2D eigenvalue weighted by molar-refractivity contribution is -0.142. The fraction of sp³-hybridized carbons (Fsp3) is 0.909. The minimum Gasteiger partial charge on any atom is -0.395 e. The fourth-order valence-electron chi connectivity index (χ4n) is 2.31. The molecule has 0 aromatic heterocycles. The molecule has 0 bridgehead atoms. The summed E-state index contributed by atoms with van der Waals surface area (Å²) in [6.45, 7) is 4.87. The number of rotatable bonds is 3. The normalized spacial score (nSPS) is 27.3. The molecule has 2 saturated heterocycles. The maximum absolute atomic E-state index is 12.0. The van der Waals surface area contributed by atoms with Crippen LogP contribution in [-0.2, 0) is 9.53 Å². The van der Waals surface area contributed by atoms with E-state index in [2.05, 4.69) is 4.90 Å². The average molecular weight is 228 g/mol. The summed E-state index contributed by atoms with van der Waals surface area (Å²) in [4.78, 5) is 16.1. The molecule has 0 aromatic carbocycles. The minimum absolute atomic E-state index is 0.154. The van der Waals surface area contributed by atoms with Gasteiger partial charge in [0, 0.05) is 39.3 Å². The largest absolute Gasteiger partial charge is 0.395 e. The van der Waals surface area contributed by atoms with Gasteiger partial charge in [-0.3, -0.25) is 9.69 Å². The lowest BCUT2D eigenvalue weighted by Gasteiger charge is -2.35. The molecule has 0 aromatic rings. The first-order valence-corrected chi connectivity index (χ1v) is 6.05. The number of hydrogen-bond donors (Lipinski definition) is 1. The first kappa shape index (κ1) is 11.8. The van der Waals surface area contributed by atoms with Crippen molar-refractivity contribution in [3.8, 4) is 0 Å². The maximum atomic E-state index is 12.0. The summed E-state index contributed by atoms with van der Waals surface area (Å²) in [5.41, 5.74) is 0. The van der Waals surface area contributed by atoms with Crippen LogP contribution in [0, 0.1) is 0 Å². The van der Waals surface area contributed by atoms with Crippen LogP contribution in [0.2, 0.25) is 0 Å². The number of piperazine rings is 1. The van der Waals surface area contributed by atoms with E-state index in [4.69, 9.17) is 9.84 Å². The van der Waals surface area contributed by atoms with Gasteiger partial charge in [-0.1, -0.05) is 0 Å². The van der Waals surface area contributed by atoms with Gasteiger partial charge >= 0.3 is 0 Å². The molecule has 0 spiro atoms. The van der Waals surface area contributed by atoms with Gasteiger partial charge in [0.1, 0.15) is 6.10 Å². The van der Waals surface area contributed by atoms with Gasteiger partial charge in [-0.05, 0) is 12.8 Å². The Morgan fingerprint density at radius 3 is 2.62 bits per heavy atom. The highest BCUT2D eigenvalue weighted by Crippen LogP contribution is 2.15. The average Bonchev–Trinajstić information content (AvgIpc) is 2.83. The van der Waals surface area contributed by atoms with Crippen molar-refractivity contribution in [3.05, 3.63) is 0 Å². The summed E-state index contributed by atoms with van der Waals surface area (Å²) < 4.78 is 5.40. The fourth-order valence-corrected chi connectivity index (χ4v) is 2.31. The molecule has 2 fully saturated rings. The van der Waals surface area contributed by atoms with Crippen LogP contribution in [0.3, 0.4) is 0 Å². The van der Waals surface area contributed by atoms with E-state index in [9.17, 15) is 4.79 Å². The van der Waals surface area contributed by atoms with E-state index in [1.54, 1.807) is 0 Å². The van der Waals surface area contributed by atoms with Gasteiger partial charge in [0.15, 0.2) is 0 Å². The number of nitrogens with zero attached hydrogens (tertiary/aromatic N) is 2. The highest BCUT2D eigenvalue weighted by Gasteiger charge is 2.29. The van der Waals surface area contributed by atoms with Crippen LogP contribution in [0.4, 0.5) is 0 Å². The van der Waals surface area contributed by atoms with Crippen LogP contribution in [0.25, 0.3) is 0 Å². The van der Waals surface area contributed by atoms with Gasteiger partial charge in [-0.15, -0.1) is 0 Å². The van der Waals surface area contributed by atoms with E-state index < -0.39 is 0 Å². The Bertz CT molecular complexity index is 233. The molecule has 5 nitrogen and oxygen atoms in total. The van der Waals surface area contributed by atoms with Gasteiger partial charge < -0.3 is 14.7 Å². The molecular formula is C11H20N2O3. The van der Waals surface area contributed by atoms with Crippen molar-refractivity contribution in [1.29, 1.82) is 0 Å². The smallest absolute Gasteiger partial charge is 0.251 e. The van der Waals surface area contributed by atoms with Gasteiger partial charge in [-0.25, -0.2) is 0 Å². The van der Waals surface area contributed by atoms with Gasteiger partial charge in [0.2, 0.25) is 0 Å². The zero-order chi connectivity index (χ0) is 11.4. The standard InChI is InChI=1S/C11H20N2O3/c14-8-7-12-3-5-13(6-4-12)11(15)10-2-1-9-16-10/h10,14H,1-9H2. The maximum Gasteiger partial charge on any atom is 0.251 e. The SMILES string of the molecule is O=C(C1CCCO1)N1CCN(CCO)CC1. The van der Waals surface area contributed by atoms with Gasteiger partial charge in [0.05, 0.1) is 6.61 Å². The number of amides is 1. The Kier molecular flexibility index (Phi) is 4.15. The van der Waals surface area contributed by atoms with Crippen LogP contribution >= 0.6 is 0 Å². The molecule has 2 rings (SSSR count). The Labute approximate surface area is 96.0 Å². The van der Waals surface area contributed by atoms with Crippen LogP contribution in [-0.4, -0.2) is 72.9 Å². The molecule has 0 aliphatic carbocycles. The van der Waals surface area contributed by atoms with Crippen molar-refractivity contribution in [1.82, 2.24) is 9.80 Å². The molecule has 2 heterocycles. The summed E-state index contributed by atoms with van der Waals surface area (Å²) >= 11 is 0.